The number of hydrogen-bond donors (Lipinski definition) is 2. The van der Waals surface area contributed by atoms with Crippen LogP contribution in [0.25, 0.3) is 0 Å². The summed E-state index contributed by atoms with van der Waals surface area (Å²) in [7, 11) is 0. The summed E-state index contributed by atoms with van der Waals surface area (Å²) in [5.74, 6) is 0.793. The quantitative estimate of drug-likeness (QED) is 0.684. The van der Waals surface area contributed by atoms with Gasteiger partial charge in [-0.15, -0.1) is 12.4 Å². The fourth-order valence-electron chi connectivity index (χ4n) is 1.36. The molecule has 1 aliphatic carbocycles. The van der Waals surface area contributed by atoms with Crippen molar-refractivity contribution in [3.63, 3.8) is 0 Å². The average Bonchev–Trinajstić information content (AvgIpc) is 2.48. The van der Waals surface area contributed by atoms with Crippen molar-refractivity contribution in [2.45, 2.75) is 38.2 Å². The molecule has 0 aromatic rings. The second-order valence-electron chi connectivity index (χ2n) is 3.68. The smallest absolute Gasteiger partial charge is 0.0634 e. The van der Waals surface area contributed by atoms with Gasteiger partial charge in [-0.2, -0.15) is 0 Å². The van der Waals surface area contributed by atoms with Crippen LogP contribution in [-0.4, -0.2) is 17.3 Å². The lowest BCUT2D eigenvalue weighted by Crippen LogP contribution is -2.28. The number of rotatable bonds is 4. The number of halogens is 1. The van der Waals surface area contributed by atoms with Crippen molar-refractivity contribution in [1.82, 2.24) is 0 Å². The second kappa shape index (κ2) is 4.29. The predicted molar refractivity (Wildman–Crippen MR) is 48.9 cm³/mol. The van der Waals surface area contributed by atoms with E-state index in [9.17, 15) is 5.11 Å². The van der Waals surface area contributed by atoms with Crippen LogP contribution in [0.15, 0.2) is 0 Å². The zero-order valence-electron chi connectivity index (χ0n) is 7.05. The Hall–Kier alpha value is 0.210. The Bertz CT molecular complexity index is 113. The van der Waals surface area contributed by atoms with Gasteiger partial charge in [0.1, 0.15) is 0 Å². The summed E-state index contributed by atoms with van der Waals surface area (Å²) < 4.78 is 0. The molecule has 3 heteroatoms. The van der Waals surface area contributed by atoms with Gasteiger partial charge in [-0.05, 0) is 32.2 Å². The fourth-order valence-corrected chi connectivity index (χ4v) is 1.36. The van der Waals surface area contributed by atoms with Crippen LogP contribution in [0.1, 0.15) is 32.6 Å². The first-order chi connectivity index (χ1) is 4.64. The van der Waals surface area contributed by atoms with Crippen molar-refractivity contribution in [3.05, 3.63) is 0 Å². The Morgan fingerprint density at radius 3 is 2.45 bits per heavy atom. The van der Waals surface area contributed by atoms with E-state index in [4.69, 9.17) is 5.73 Å². The third kappa shape index (κ3) is 4.62. The first-order valence-corrected chi connectivity index (χ1v) is 4.06. The molecule has 0 aromatic carbocycles. The summed E-state index contributed by atoms with van der Waals surface area (Å²) in [6.07, 6.45) is 4.30. The first-order valence-electron chi connectivity index (χ1n) is 4.06. The molecule has 1 aliphatic rings. The van der Waals surface area contributed by atoms with Crippen molar-refractivity contribution >= 4 is 12.4 Å². The highest BCUT2D eigenvalue weighted by Gasteiger charge is 2.30. The molecule has 3 N–H and O–H groups in total. The largest absolute Gasteiger partial charge is 0.390 e. The van der Waals surface area contributed by atoms with Gasteiger partial charge in [0.2, 0.25) is 0 Å². The van der Waals surface area contributed by atoms with Gasteiger partial charge in [-0.1, -0.05) is 12.8 Å². The lowest BCUT2D eigenvalue weighted by Gasteiger charge is -2.21. The molecule has 0 aliphatic heterocycles. The van der Waals surface area contributed by atoms with Crippen molar-refractivity contribution < 1.29 is 5.11 Å². The third-order valence-corrected chi connectivity index (χ3v) is 2.11. The minimum Gasteiger partial charge on any atom is -0.390 e. The number of nitrogens with two attached hydrogens (primary N) is 1. The average molecular weight is 180 g/mol. The van der Waals surface area contributed by atoms with E-state index < -0.39 is 5.60 Å². The molecule has 0 amide bonds. The minimum atomic E-state index is -0.490. The zero-order chi connectivity index (χ0) is 7.61. The Kier molecular flexibility index (Phi) is 4.37. The van der Waals surface area contributed by atoms with E-state index in [1.165, 1.54) is 12.8 Å². The molecule has 1 fully saturated rings. The Labute approximate surface area is 74.6 Å². The van der Waals surface area contributed by atoms with Crippen LogP contribution in [0.5, 0.6) is 0 Å². The topological polar surface area (TPSA) is 46.2 Å². The molecule has 1 rings (SSSR count). The molecule has 11 heavy (non-hydrogen) atoms. The molecule has 0 bridgehead atoms. The molecule has 0 spiro atoms. The molecule has 0 aromatic heterocycles. The van der Waals surface area contributed by atoms with Crippen LogP contribution in [0.3, 0.4) is 0 Å². The summed E-state index contributed by atoms with van der Waals surface area (Å²) in [6, 6.07) is 0. The first kappa shape index (κ1) is 11.2. The molecule has 68 valence electrons. The van der Waals surface area contributed by atoms with E-state index in [1.807, 2.05) is 6.92 Å². The lowest BCUT2D eigenvalue weighted by molar-refractivity contribution is 0.0389. The van der Waals surface area contributed by atoms with Gasteiger partial charge in [0.05, 0.1) is 5.60 Å². The summed E-state index contributed by atoms with van der Waals surface area (Å²) in [5, 5.41) is 9.64. The summed E-state index contributed by atoms with van der Waals surface area (Å²) in [6.45, 7) is 2.48. The highest BCUT2D eigenvalue weighted by Crippen LogP contribution is 2.37. The van der Waals surface area contributed by atoms with E-state index in [1.54, 1.807) is 0 Å². The van der Waals surface area contributed by atoms with Crippen LogP contribution < -0.4 is 5.73 Å². The van der Waals surface area contributed by atoms with Gasteiger partial charge in [-0.25, -0.2) is 0 Å². The highest BCUT2D eigenvalue weighted by atomic mass is 35.5. The van der Waals surface area contributed by atoms with Gasteiger partial charge < -0.3 is 10.8 Å². The van der Waals surface area contributed by atoms with Gasteiger partial charge >= 0.3 is 0 Å². The van der Waals surface area contributed by atoms with E-state index >= 15 is 0 Å². The number of hydrogen-bond acceptors (Lipinski definition) is 2. The lowest BCUT2D eigenvalue weighted by atomic mass is 9.95. The van der Waals surface area contributed by atoms with Crippen molar-refractivity contribution in [2.24, 2.45) is 11.7 Å². The SMILES string of the molecule is CC(O)(CCN)CC1CC1.Cl. The highest BCUT2D eigenvalue weighted by molar-refractivity contribution is 5.85. The standard InChI is InChI=1S/C8H17NO.ClH/c1-8(10,4-5-9)6-7-2-3-7;/h7,10H,2-6,9H2,1H3;1H. The summed E-state index contributed by atoms with van der Waals surface area (Å²) >= 11 is 0. The van der Waals surface area contributed by atoms with Gasteiger partial charge in [0, 0.05) is 0 Å². The van der Waals surface area contributed by atoms with Crippen LogP contribution in [0, 0.1) is 5.92 Å². The van der Waals surface area contributed by atoms with E-state index in [0.29, 0.717) is 6.54 Å². The van der Waals surface area contributed by atoms with Crippen LogP contribution in [-0.2, 0) is 0 Å². The molecule has 2 nitrogen and oxygen atoms in total. The molecular weight excluding hydrogens is 162 g/mol. The van der Waals surface area contributed by atoms with Crippen molar-refractivity contribution in [2.75, 3.05) is 6.54 Å². The molecule has 0 saturated heterocycles. The van der Waals surface area contributed by atoms with Gasteiger partial charge in [-0.3, -0.25) is 0 Å². The monoisotopic (exact) mass is 179 g/mol. The Balaban J connectivity index is 0.000001000. The molecule has 0 radical (unpaired) electrons. The fraction of sp³-hybridized carbons (Fsp3) is 1.00. The van der Waals surface area contributed by atoms with Crippen molar-refractivity contribution in [3.8, 4) is 0 Å². The molecular formula is C8H18ClNO. The van der Waals surface area contributed by atoms with Crippen LogP contribution >= 0.6 is 12.4 Å². The van der Waals surface area contributed by atoms with Gasteiger partial charge in [0.15, 0.2) is 0 Å². The molecule has 0 heterocycles. The molecule has 1 unspecified atom stereocenters. The van der Waals surface area contributed by atoms with Crippen molar-refractivity contribution in [1.29, 1.82) is 0 Å². The predicted octanol–water partition coefficient (Wildman–Crippen LogP) is 1.31. The number of aliphatic hydroxyl groups is 1. The normalized spacial score (nSPS) is 22.1. The Morgan fingerprint density at radius 1 is 1.55 bits per heavy atom. The molecule has 1 saturated carbocycles. The van der Waals surface area contributed by atoms with Gasteiger partial charge in [0.25, 0.3) is 0 Å². The van der Waals surface area contributed by atoms with Crippen LogP contribution in [0.4, 0.5) is 0 Å². The maximum Gasteiger partial charge on any atom is 0.0634 e. The van der Waals surface area contributed by atoms with E-state index in [0.717, 1.165) is 18.8 Å². The maximum absolute atomic E-state index is 9.64. The van der Waals surface area contributed by atoms with E-state index in [-0.39, 0.29) is 12.4 Å². The zero-order valence-corrected chi connectivity index (χ0v) is 7.86. The minimum absolute atomic E-state index is 0. The second-order valence-corrected chi connectivity index (χ2v) is 3.68. The van der Waals surface area contributed by atoms with Crippen LogP contribution in [0.2, 0.25) is 0 Å². The maximum atomic E-state index is 9.64. The molecule has 1 atom stereocenters. The summed E-state index contributed by atoms with van der Waals surface area (Å²) in [5.41, 5.74) is 4.86. The summed E-state index contributed by atoms with van der Waals surface area (Å²) in [4.78, 5) is 0. The third-order valence-electron chi connectivity index (χ3n) is 2.11. The van der Waals surface area contributed by atoms with E-state index in [2.05, 4.69) is 0 Å². The Morgan fingerprint density at radius 2 is 2.09 bits per heavy atom.